The molecule has 0 spiro atoms. The van der Waals surface area contributed by atoms with E-state index in [9.17, 15) is 33.1 Å². The van der Waals surface area contributed by atoms with Gasteiger partial charge in [0.2, 0.25) is 0 Å². The number of nitrogens with zero attached hydrogens (tertiary/aromatic N) is 4. The summed E-state index contributed by atoms with van der Waals surface area (Å²) >= 11 is 0. The van der Waals surface area contributed by atoms with Crippen LogP contribution in [0.25, 0.3) is 10.9 Å². The lowest BCUT2D eigenvalue weighted by molar-refractivity contribution is -0.179. The molecule has 1 aliphatic rings. The molecule has 3 heterocycles. The molecule has 0 aliphatic carbocycles. The number of nitrogens with one attached hydrogen (secondary N) is 2. The zero-order valence-electron chi connectivity index (χ0n) is 20.0. The van der Waals surface area contributed by atoms with Crippen molar-refractivity contribution >= 4 is 28.4 Å². The van der Waals surface area contributed by atoms with Crippen molar-refractivity contribution in [2.45, 2.75) is 43.1 Å². The van der Waals surface area contributed by atoms with Gasteiger partial charge in [0, 0.05) is 11.9 Å². The molecule has 0 radical (unpaired) electrons. The summed E-state index contributed by atoms with van der Waals surface area (Å²) in [5.74, 6) is -0.956. The van der Waals surface area contributed by atoms with E-state index in [0.29, 0.717) is 11.2 Å². The maximum atomic E-state index is 13.5. The summed E-state index contributed by atoms with van der Waals surface area (Å²) in [4.78, 5) is 27.8. The predicted molar refractivity (Wildman–Crippen MR) is 127 cm³/mol. The predicted octanol–water partition coefficient (Wildman–Crippen LogP) is 3.51. The first-order valence-electron chi connectivity index (χ1n) is 11.4. The molecule has 1 aromatic carbocycles. The highest BCUT2D eigenvalue weighted by Gasteiger charge is 2.43. The lowest BCUT2D eigenvalue weighted by Crippen LogP contribution is -2.46. The van der Waals surface area contributed by atoms with Gasteiger partial charge in [-0.3, -0.25) is 14.4 Å². The number of benzene rings is 1. The summed E-state index contributed by atoms with van der Waals surface area (Å²) in [5.41, 5.74) is -0.613. The maximum Gasteiger partial charge on any atom is 0.408 e. The number of ether oxygens (including phenoxy) is 1. The monoisotopic (exact) mass is 518 g/mol. The molecule has 10 nitrogen and oxygen atoms in total. The van der Waals surface area contributed by atoms with Crippen molar-refractivity contribution < 1.29 is 27.8 Å². The number of H-pyrrole nitrogens is 1. The van der Waals surface area contributed by atoms with Crippen molar-refractivity contribution in [2.75, 3.05) is 26.0 Å². The number of aromatic nitrogens is 3. The number of aromatic amines is 1. The number of rotatable bonds is 7. The molecule has 3 atom stereocenters. The van der Waals surface area contributed by atoms with Gasteiger partial charge in [0.05, 0.1) is 30.2 Å². The second-order valence-corrected chi connectivity index (χ2v) is 9.22. The largest absolute Gasteiger partial charge is 0.479 e. The number of carboxylic acids is 1. The van der Waals surface area contributed by atoms with Crippen LogP contribution in [0.5, 0.6) is 0 Å². The molecule has 0 saturated carbocycles. The van der Waals surface area contributed by atoms with Crippen LogP contribution in [-0.2, 0) is 15.1 Å². The Morgan fingerprint density at radius 2 is 2.08 bits per heavy atom. The molecule has 4 rings (SSSR count). The lowest BCUT2D eigenvalue weighted by Gasteiger charge is -2.38. The van der Waals surface area contributed by atoms with Crippen molar-refractivity contribution in [3.8, 4) is 6.07 Å². The van der Waals surface area contributed by atoms with E-state index in [1.165, 1.54) is 49.2 Å². The number of aliphatic carboxylic acids is 1. The first-order valence-corrected chi connectivity index (χ1v) is 11.4. The Bertz CT molecular complexity index is 1380. The van der Waals surface area contributed by atoms with Crippen LogP contribution < -0.4 is 10.9 Å². The van der Waals surface area contributed by atoms with E-state index in [-0.39, 0.29) is 42.6 Å². The number of carbonyl (C=O) groups is 1. The van der Waals surface area contributed by atoms with Crippen LogP contribution in [0.15, 0.2) is 41.3 Å². The number of halogens is 3. The van der Waals surface area contributed by atoms with E-state index in [0.717, 1.165) is 4.90 Å². The van der Waals surface area contributed by atoms with Gasteiger partial charge in [0.1, 0.15) is 11.4 Å². The topological polar surface area (TPSA) is 136 Å². The van der Waals surface area contributed by atoms with Crippen molar-refractivity contribution in [1.82, 2.24) is 19.7 Å². The summed E-state index contributed by atoms with van der Waals surface area (Å²) in [5, 5.41) is 26.6. The van der Waals surface area contributed by atoms with Gasteiger partial charge in [-0.05, 0) is 50.7 Å². The van der Waals surface area contributed by atoms with E-state index < -0.39 is 35.4 Å². The lowest BCUT2D eigenvalue weighted by atomic mass is 9.87. The van der Waals surface area contributed by atoms with E-state index in [2.05, 4.69) is 21.5 Å². The van der Waals surface area contributed by atoms with Crippen LogP contribution in [0.1, 0.15) is 30.9 Å². The molecule has 1 fully saturated rings. The molecule has 3 N–H and O–H groups in total. The highest BCUT2D eigenvalue weighted by atomic mass is 19.4. The molecule has 1 aliphatic heterocycles. The fourth-order valence-electron chi connectivity index (χ4n) is 4.73. The number of carboxylic acid groups (broad SMARTS) is 1. The molecule has 13 heteroatoms. The maximum absolute atomic E-state index is 13.5. The Kier molecular flexibility index (Phi) is 6.98. The van der Waals surface area contributed by atoms with Gasteiger partial charge in [0.25, 0.3) is 5.56 Å². The second-order valence-electron chi connectivity index (χ2n) is 9.22. The smallest absolute Gasteiger partial charge is 0.408 e. The number of hydrogen-bond acceptors (Lipinski definition) is 7. The molecule has 3 unspecified atom stereocenters. The quantitative estimate of drug-likeness (QED) is 0.432. The zero-order chi connectivity index (χ0) is 27.0. The number of hydrogen-bond donors (Lipinski definition) is 3. The molecule has 1 saturated heterocycles. The highest BCUT2D eigenvalue weighted by molar-refractivity contribution is 5.91. The SMILES string of the molecule is CN(C)C(c1ccc(Nc2nn(C3(CC#N)CCC(C(=O)O)OC3)c3cc[nH]c(=O)c23)cc1)C(F)(F)F. The van der Waals surface area contributed by atoms with E-state index >= 15 is 0 Å². The summed E-state index contributed by atoms with van der Waals surface area (Å²) in [6.45, 7) is -0.0986. The fraction of sp³-hybridized carbons (Fsp3) is 0.417. The number of alkyl halides is 3. The minimum absolute atomic E-state index is 0.0412. The van der Waals surface area contributed by atoms with Crippen molar-refractivity contribution in [3.05, 3.63) is 52.4 Å². The summed E-state index contributed by atoms with van der Waals surface area (Å²) in [6, 6.07) is 7.57. The molecular weight excluding hydrogens is 493 g/mol. The van der Waals surface area contributed by atoms with E-state index in [4.69, 9.17) is 4.74 Å². The molecular formula is C24H25F3N6O4. The summed E-state index contributed by atoms with van der Waals surface area (Å²) in [7, 11) is 2.69. The van der Waals surface area contributed by atoms with Gasteiger partial charge < -0.3 is 20.1 Å². The summed E-state index contributed by atoms with van der Waals surface area (Å²) < 4.78 is 47.5. The first-order chi connectivity index (χ1) is 17.5. The molecule has 196 valence electrons. The molecule has 2 aromatic heterocycles. The number of pyridine rings is 1. The van der Waals surface area contributed by atoms with Gasteiger partial charge in [-0.1, -0.05) is 12.1 Å². The Labute approximate surface area is 209 Å². The highest BCUT2D eigenvalue weighted by Crippen LogP contribution is 2.38. The van der Waals surface area contributed by atoms with Crippen LogP contribution in [0.2, 0.25) is 0 Å². The zero-order valence-corrected chi connectivity index (χ0v) is 20.0. The third-order valence-electron chi connectivity index (χ3n) is 6.48. The minimum atomic E-state index is -4.46. The van der Waals surface area contributed by atoms with Gasteiger partial charge in [0.15, 0.2) is 11.9 Å². The molecule has 3 aromatic rings. The van der Waals surface area contributed by atoms with Crippen LogP contribution in [0.4, 0.5) is 24.7 Å². The van der Waals surface area contributed by atoms with Crippen molar-refractivity contribution in [1.29, 1.82) is 5.26 Å². The normalized spacial score (nSPS) is 21.1. The fourth-order valence-corrected chi connectivity index (χ4v) is 4.73. The average molecular weight is 518 g/mol. The van der Waals surface area contributed by atoms with E-state index in [1.54, 1.807) is 6.07 Å². The third-order valence-corrected chi connectivity index (χ3v) is 6.48. The van der Waals surface area contributed by atoms with Gasteiger partial charge >= 0.3 is 12.1 Å². The third kappa shape index (κ3) is 5.03. The Hall–Kier alpha value is -3.89. The van der Waals surface area contributed by atoms with E-state index in [1.807, 2.05) is 0 Å². The molecule has 0 amide bonds. The summed E-state index contributed by atoms with van der Waals surface area (Å²) in [6.07, 6.45) is -3.64. The van der Waals surface area contributed by atoms with Crippen LogP contribution in [0, 0.1) is 11.3 Å². The van der Waals surface area contributed by atoms with Crippen LogP contribution in [0.3, 0.4) is 0 Å². The Morgan fingerprint density at radius 3 is 2.62 bits per heavy atom. The van der Waals surface area contributed by atoms with Gasteiger partial charge in [-0.25, -0.2) is 4.79 Å². The standard InChI is InChI=1S/C24H25F3N6O4/c1-32(2)19(24(25,26)27)14-3-5-15(6-4-14)30-20-18-16(8-12-29-21(18)34)33(31-20)23(10-11-28)9-7-17(22(35)36)37-13-23/h3-6,8,12,17,19H,7,9-10,13H2,1-2H3,(H,29,34)(H,30,31)(H,35,36). The van der Waals surface area contributed by atoms with Crippen LogP contribution >= 0.6 is 0 Å². The molecule has 0 bridgehead atoms. The second kappa shape index (κ2) is 9.87. The Morgan fingerprint density at radius 1 is 1.38 bits per heavy atom. The van der Waals surface area contributed by atoms with Crippen LogP contribution in [-0.4, -0.2) is 63.7 Å². The average Bonchev–Trinajstić information content (AvgIpc) is 3.20. The van der Waals surface area contributed by atoms with Crippen molar-refractivity contribution in [2.24, 2.45) is 0 Å². The minimum Gasteiger partial charge on any atom is -0.479 e. The van der Waals surface area contributed by atoms with Crippen molar-refractivity contribution in [3.63, 3.8) is 0 Å². The first kappa shape index (κ1) is 26.2. The van der Waals surface area contributed by atoms with Gasteiger partial charge in [-0.2, -0.15) is 23.5 Å². The number of fused-ring (bicyclic) bond motifs is 1. The Balaban J connectivity index is 1.72. The molecule has 37 heavy (non-hydrogen) atoms. The van der Waals surface area contributed by atoms with Gasteiger partial charge in [-0.15, -0.1) is 0 Å². The number of nitriles is 1. The number of anilines is 2.